The van der Waals surface area contributed by atoms with E-state index in [0.717, 1.165) is 28.1 Å². The zero-order chi connectivity index (χ0) is 20.2. The second-order valence-corrected chi connectivity index (χ2v) is 6.45. The van der Waals surface area contributed by atoms with Crippen LogP contribution >= 0.6 is 0 Å². The van der Waals surface area contributed by atoms with E-state index in [1.165, 1.54) is 12.1 Å². The number of nitrogens with zero attached hydrogens (tertiary/aromatic N) is 5. The highest BCUT2D eigenvalue weighted by Gasteiger charge is 2.21. The predicted molar refractivity (Wildman–Crippen MR) is 106 cm³/mol. The topological polar surface area (TPSA) is 89.6 Å². The van der Waals surface area contributed by atoms with Crippen molar-refractivity contribution in [2.45, 2.75) is 26.8 Å². The summed E-state index contributed by atoms with van der Waals surface area (Å²) in [5, 5.41) is 7.29. The molecule has 3 heterocycles. The van der Waals surface area contributed by atoms with Crippen molar-refractivity contribution >= 4 is 5.95 Å². The maximum atomic E-state index is 13.1. The molecule has 146 valence electrons. The molecule has 0 saturated carbocycles. The molecule has 0 saturated heterocycles. The van der Waals surface area contributed by atoms with E-state index in [2.05, 4.69) is 25.4 Å². The van der Waals surface area contributed by atoms with Gasteiger partial charge in [0.2, 0.25) is 5.95 Å². The number of rotatable bonds is 6. The van der Waals surface area contributed by atoms with Crippen molar-refractivity contribution in [1.82, 2.24) is 25.1 Å². The average molecular weight is 390 g/mol. The Morgan fingerprint density at radius 3 is 2.62 bits per heavy atom. The normalized spacial score (nSPS) is 10.9. The monoisotopic (exact) mass is 390 g/mol. The SMILES string of the molecule is CCc1onc(C)c1-c1nc(NCc2ccc(F)cc2)ncc1-c1cnccn1. The molecule has 0 fully saturated rings. The first-order valence-corrected chi connectivity index (χ1v) is 9.23. The molecule has 0 unspecified atom stereocenters. The summed E-state index contributed by atoms with van der Waals surface area (Å²) in [5.74, 6) is 0.922. The number of halogens is 1. The molecule has 1 aromatic carbocycles. The zero-order valence-corrected chi connectivity index (χ0v) is 16.1. The van der Waals surface area contributed by atoms with Gasteiger partial charge in [0.1, 0.15) is 11.6 Å². The summed E-state index contributed by atoms with van der Waals surface area (Å²) in [4.78, 5) is 17.7. The van der Waals surface area contributed by atoms with Gasteiger partial charge in [0.05, 0.1) is 28.8 Å². The predicted octanol–water partition coefficient (Wildman–Crippen LogP) is 4.21. The van der Waals surface area contributed by atoms with Gasteiger partial charge in [-0.15, -0.1) is 0 Å². The van der Waals surface area contributed by atoms with Gasteiger partial charge in [0, 0.05) is 37.1 Å². The maximum Gasteiger partial charge on any atom is 0.223 e. The molecule has 0 spiro atoms. The van der Waals surface area contributed by atoms with Crippen LogP contribution in [0, 0.1) is 12.7 Å². The van der Waals surface area contributed by atoms with Crippen LogP contribution in [0.2, 0.25) is 0 Å². The lowest BCUT2D eigenvalue weighted by atomic mass is 10.0. The fraction of sp³-hybridized carbons (Fsp3) is 0.190. The molecular formula is C21H19FN6O. The first-order chi connectivity index (χ1) is 14.2. The first-order valence-electron chi connectivity index (χ1n) is 9.23. The minimum absolute atomic E-state index is 0.268. The second-order valence-electron chi connectivity index (χ2n) is 6.45. The van der Waals surface area contributed by atoms with E-state index < -0.39 is 0 Å². The van der Waals surface area contributed by atoms with Crippen molar-refractivity contribution in [1.29, 1.82) is 0 Å². The smallest absolute Gasteiger partial charge is 0.223 e. The number of hydrogen-bond donors (Lipinski definition) is 1. The summed E-state index contributed by atoms with van der Waals surface area (Å²) in [6.07, 6.45) is 7.30. The van der Waals surface area contributed by atoms with Crippen LogP contribution in [0.25, 0.3) is 22.5 Å². The van der Waals surface area contributed by atoms with Gasteiger partial charge in [-0.05, 0) is 24.6 Å². The van der Waals surface area contributed by atoms with Crippen LogP contribution in [-0.4, -0.2) is 25.1 Å². The van der Waals surface area contributed by atoms with Crippen molar-refractivity contribution < 1.29 is 8.91 Å². The Balaban J connectivity index is 1.74. The van der Waals surface area contributed by atoms with Crippen LogP contribution in [-0.2, 0) is 13.0 Å². The lowest BCUT2D eigenvalue weighted by molar-refractivity contribution is 0.383. The molecule has 4 rings (SSSR count). The second kappa shape index (κ2) is 8.14. The molecule has 0 radical (unpaired) electrons. The Kier molecular flexibility index (Phi) is 5.24. The highest BCUT2D eigenvalue weighted by Crippen LogP contribution is 2.34. The van der Waals surface area contributed by atoms with Gasteiger partial charge in [0.15, 0.2) is 0 Å². The van der Waals surface area contributed by atoms with Gasteiger partial charge < -0.3 is 9.84 Å². The minimum atomic E-state index is -0.268. The molecule has 0 bridgehead atoms. The van der Waals surface area contributed by atoms with E-state index in [1.807, 2.05) is 13.8 Å². The van der Waals surface area contributed by atoms with Gasteiger partial charge in [0.25, 0.3) is 0 Å². The lowest BCUT2D eigenvalue weighted by Crippen LogP contribution is -2.06. The molecule has 0 aliphatic carbocycles. The molecule has 7 nitrogen and oxygen atoms in total. The van der Waals surface area contributed by atoms with Crippen molar-refractivity contribution in [2.75, 3.05) is 5.32 Å². The Hall–Kier alpha value is -3.68. The molecular weight excluding hydrogens is 371 g/mol. The number of aromatic nitrogens is 5. The van der Waals surface area contributed by atoms with E-state index in [9.17, 15) is 4.39 Å². The molecule has 4 aromatic rings. The Morgan fingerprint density at radius 1 is 1.07 bits per heavy atom. The van der Waals surface area contributed by atoms with Gasteiger partial charge in [-0.1, -0.05) is 24.2 Å². The van der Waals surface area contributed by atoms with E-state index in [0.29, 0.717) is 30.3 Å². The third-order valence-corrected chi connectivity index (χ3v) is 4.48. The molecule has 0 aliphatic heterocycles. The Labute approximate surface area is 167 Å². The van der Waals surface area contributed by atoms with Crippen molar-refractivity contribution in [2.24, 2.45) is 0 Å². The van der Waals surface area contributed by atoms with Crippen molar-refractivity contribution in [3.8, 4) is 22.5 Å². The number of aryl methyl sites for hydroxylation is 2. The fourth-order valence-corrected chi connectivity index (χ4v) is 3.03. The number of nitrogens with one attached hydrogen (secondary N) is 1. The first kappa shape index (κ1) is 18.7. The lowest BCUT2D eigenvalue weighted by Gasteiger charge is -2.11. The largest absolute Gasteiger partial charge is 0.360 e. The van der Waals surface area contributed by atoms with Crippen LogP contribution in [0.4, 0.5) is 10.3 Å². The summed E-state index contributed by atoms with van der Waals surface area (Å²) in [6, 6.07) is 6.29. The van der Waals surface area contributed by atoms with Crippen molar-refractivity contribution in [3.63, 3.8) is 0 Å². The van der Waals surface area contributed by atoms with Crippen LogP contribution in [0.15, 0.2) is 53.6 Å². The van der Waals surface area contributed by atoms with Gasteiger partial charge >= 0.3 is 0 Å². The summed E-state index contributed by atoms with van der Waals surface area (Å²) in [5.41, 5.74) is 4.58. The third-order valence-electron chi connectivity index (χ3n) is 4.48. The minimum Gasteiger partial charge on any atom is -0.360 e. The molecule has 3 aromatic heterocycles. The van der Waals surface area contributed by atoms with Crippen LogP contribution in [0.3, 0.4) is 0 Å². The number of benzene rings is 1. The standard InChI is InChI=1S/C21H19FN6O/c1-3-18-19(13(2)28-29-18)20-16(17-12-23-8-9-24-17)11-26-21(27-20)25-10-14-4-6-15(22)7-5-14/h4-9,11-12H,3,10H2,1-2H3,(H,25,26,27). The van der Waals surface area contributed by atoms with Gasteiger partial charge in [-0.25, -0.2) is 14.4 Å². The van der Waals surface area contributed by atoms with E-state index in [4.69, 9.17) is 9.51 Å². The summed E-state index contributed by atoms with van der Waals surface area (Å²) >= 11 is 0. The zero-order valence-electron chi connectivity index (χ0n) is 16.1. The summed E-state index contributed by atoms with van der Waals surface area (Å²) in [7, 11) is 0. The Bertz CT molecular complexity index is 1110. The Morgan fingerprint density at radius 2 is 1.90 bits per heavy atom. The van der Waals surface area contributed by atoms with E-state index in [-0.39, 0.29) is 5.82 Å². The molecule has 0 amide bonds. The van der Waals surface area contributed by atoms with Crippen LogP contribution in [0.5, 0.6) is 0 Å². The fourth-order valence-electron chi connectivity index (χ4n) is 3.03. The number of anilines is 1. The summed E-state index contributed by atoms with van der Waals surface area (Å²) in [6.45, 7) is 4.35. The molecule has 29 heavy (non-hydrogen) atoms. The highest BCUT2D eigenvalue weighted by atomic mass is 19.1. The average Bonchev–Trinajstić information content (AvgIpc) is 3.14. The van der Waals surface area contributed by atoms with Crippen LogP contribution < -0.4 is 5.32 Å². The van der Waals surface area contributed by atoms with Gasteiger partial charge in [-0.3, -0.25) is 9.97 Å². The van der Waals surface area contributed by atoms with Crippen molar-refractivity contribution in [3.05, 3.63) is 71.9 Å². The summed E-state index contributed by atoms with van der Waals surface area (Å²) < 4.78 is 18.6. The quantitative estimate of drug-likeness (QED) is 0.527. The van der Waals surface area contributed by atoms with Crippen LogP contribution in [0.1, 0.15) is 23.9 Å². The molecule has 0 aliphatic rings. The highest BCUT2D eigenvalue weighted by molar-refractivity contribution is 5.80. The van der Waals surface area contributed by atoms with E-state index >= 15 is 0 Å². The molecule has 8 heteroatoms. The maximum absolute atomic E-state index is 13.1. The van der Waals surface area contributed by atoms with E-state index in [1.54, 1.807) is 36.9 Å². The molecule has 0 atom stereocenters. The molecule has 1 N–H and O–H groups in total. The number of hydrogen-bond acceptors (Lipinski definition) is 7. The van der Waals surface area contributed by atoms with Gasteiger partial charge in [-0.2, -0.15) is 0 Å². The third kappa shape index (κ3) is 3.96.